The summed E-state index contributed by atoms with van der Waals surface area (Å²) in [6, 6.07) is 17.8. The summed E-state index contributed by atoms with van der Waals surface area (Å²) in [4.78, 5) is 42.5. The van der Waals surface area contributed by atoms with E-state index in [1.807, 2.05) is 66.3 Å². The fraction of sp³-hybridized carbons (Fsp3) is 0.115. The van der Waals surface area contributed by atoms with Gasteiger partial charge in [-0.25, -0.2) is 0 Å². The van der Waals surface area contributed by atoms with E-state index in [0.29, 0.717) is 10.4 Å². The van der Waals surface area contributed by atoms with Gasteiger partial charge in [0.1, 0.15) is 6.04 Å². The number of aromatic nitrogens is 2. The summed E-state index contributed by atoms with van der Waals surface area (Å²) in [5.74, 6) is -1.31. The van der Waals surface area contributed by atoms with Crippen LogP contribution in [0.5, 0.6) is 0 Å². The second-order valence-corrected chi connectivity index (χ2v) is 9.13. The molecule has 4 N–H and O–H groups in total. The monoisotopic (exact) mass is 485 g/mol. The number of amides is 3. The minimum Gasteiger partial charge on any atom is -0.361 e. The van der Waals surface area contributed by atoms with E-state index in [1.54, 1.807) is 23.7 Å². The van der Waals surface area contributed by atoms with Crippen LogP contribution in [0.2, 0.25) is 0 Å². The van der Waals surface area contributed by atoms with Crippen molar-refractivity contribution in [2.45, 2.75) is 12.5 Å². The van der Waals surface area contributed by atoms with Crippen molar-refractivity contribution in [2.75, 3.05) is 0 Å². The molecule has 0 saturated carbocycles. The Morgan fingerprint density at radius 3 is 2.51 bits per heavy atom. The van der Waals surface area contributed by atoms with Gasteiger partial charge in [0.25, 0.3) is 17.7 Å². The molecule has 0 fully saturated rings. The van der Waals surface area contributed by atoms with Crippen molar-refractivity contribution in [3.05, 3.63) is 94.4 Å². The molecule has 9 heteroatoms. The predicted molar refractivity (Wildman–Crippen MR) is 136 cm³/mol. The number of aryl methyl sites for hydroxylation is 1. The number of para-hydroxylation sites is 2. The maximum Gasteiger partial charge on any atom is 0.271 e. The van der Waals surface area contributed by atoms with E-state index in [0.717, 1.165) is 27.4 Å². The van der Waals surface area contributed by atoms with Gasteiger partial charge in [-0.2, -0.15) is 0 Å². The molecule has 0 unspecified atom stereocenters. The molecule has 0 spiro atoms. The summed E-state index contributed by atoms with van der Waals surface area (Å²) in [5.41, 5.74) is 8.17. The third kappa shape index (κ3) is 4.53. The molecule has 5 aromatic rings. The topological polar surface area (TPSA) is 108 Å². The highest BCUT2D eigenvalue weighted by Gasteiger charge is 2.24. The third-order valence-electron chi connectivity index (χ3n) is 5.91. The van der Waals surface area contributed by atoms with Crippen LogP contribution in [-0.4, -0.2) is 33.3 Å². The Bertz CT molecular complexity index is 1530. The Balaban J connectivity index is 1.34. The van der Waals surface area contributed by atoms with Crippen LogP contribution in [0.3, 0.4) is 0 Å². The van der Waals surface area contributed by atoms with E-state index in [-0.39, 0.29) is 12.3 Å². The van der Waals surface area contributed by atoms with Crippen molar-refractivity contribution in [1.29, 1.82) is 0 Å². The number of thiophene rings is 1. The van der Waals surface area contributed by atoms with E-state index in [4.69, 9.17) is 0 Å². The number of nitrogens with zero attached hydrogens (tertiary/aromatic N) is 1. The SMILES string of the molecule is Cn1cc(C(=O)NNC(=O)[C@H](Cc2c[nH]c3ccccc23)NC(=O)c2cccs2)c2ccccc21. The van der Waals surface area contributed by atoms with Gasteiger partial charge in [-0.3, -0.25) is 25.2 Å². The zero-order valence-electron chi connectivity index (χ0n) is 18.9. The maximum absolute atomic E-state index is 13.2. The first-order valence-corrected chi connectivity index (χ1v) is 11.9. The van der Waals surface area contributed by atoms with Gasteiger partial charge in [0, 0.05) is 47.7 Å². The molecular formula is C26H23N5O3S. The predicted octanol–water partition coefficient (Wildman–Crippen LogP) is 3.52. The van der Waals surface area contributed by atoms with Gasteiger partial charge in [0.15, 0.2) is 0 Å². The van der Waals surface area contributed by atoms with Crippen LogP contribution in [0.25, 0.3) is 21.8 Å². The summed E-state index contributed by atoms with van der Waals surface area (Å²) in [5, 5.41) is 6.36. The molecule has 176 valence electrons. The lowest BCUT2D eigenvalue weighted by atomic mass is 10.0. The largest absolute Gasteiger partial charge is 0.361 e. The van der Waals surface area contributed by atoms with Crippen LogP contribution in [0.1, 0.15) is 25.6 Å². The van der Waals surface area contributed by atoms with Crippen molar-refractivity contribution in [2.24, 2.45) is 7.05 Å². The summed E-state index contributed by atoms with van der Waals surface area (Å²) in [7, 11) is 1.86. The van der Waals surface area contributed by atoms with Gasteiger partial charge in [0.05, 0.1) is 10.4 Å². The van der Waals surface area contributed by atoms with Crippen LogP contribution in [0, 0.1) is 0 Å². The number of fused-ring (bicyclic) bond motifs is 2. The van der Waals surface area contributed by atoms with E-state index >= 15 is 0 Å². The highest BCUT2D eigenvalue weighted by Crippen LogP contribution is 2.21. The average molecular weight is 486 g/mol. The number of hydrazine groups is 1. The molecule has 8 nitrogen and oxygen atoms in total. The number of aromatic amines is 1. The molecule has 2 aromatic carbocycles. The van der Waals surface area contributed by atoms with Gasteiger partial charge in [-0.1, -0.05) is 42.5 Å². The van der Waals surface area contributed by atoms with Crippen molar-refractivity contribution in [3.8, 4) is 0 Å². The summed E-state index contributed by atoms with van der Waals surface area (Å²) in [6.45, 7) is 0. The Hall–Kier alpha value is -4.37. The highest BCUT2D eigenvalue weighted by atomic mass is 32.1. The van der Waals surface area contributed by atoms with Crippen molar-refractivity contribution in [1.82, 2.24) is 25.7 Å². The molecule has 0 aliphatic carbocycles. The summed E-state index contributed by atoms with van der Waals surface area (Å²) >= 11 is 1.29. The van der Waals surface area contributed by atoms with Crippen LogP contribution >= 0.6 is 11.3 Å². The molecule has 5 rings (SSSR count). The molecule has 3 aromatic heterocycles. The Morgan fingerprint density at radius 1 is 0.943 bits per heavy atom. The van der Waals surface area contributed by atoms with E-state index in [9.17, 15) is 14.4 Å². The number of carbonyl (C=O) groups is 3. The van der Waals surface area contributed by atoms with E-state index in [2.05, 4.69) is 21.2 Å². The normalized spacial score (nSPS) is 11.9. The molecule has 3 amide bonds. The van der Waals surface area contributed by atoms with Gasteiger partial charge >= 0.3 is 0 Å². The van der Waals surface area contributed by atoms with E-state index in [1.165, 1.54) is 11.3 Å². The molecule has 0 bridgehead atoms. The smallest absolute Gasteiger partial charge is 0.271 e. The lowest BCUT2D eigenvalue weighted by Crippen LogP contribution is -2.53. The minimum absolute atomic E-state index is 0.247. The number of benzene rings is 2. The molecule has 0 radical (unpaired) electrons. The Kier molecular flexibility index (Phi) is 6.07. The number of H-pyrrole nitrogens is 1. The molecule has 1 atom stereocenters. The zero-order valence-corrected chi connectivity index (χ0v) is 19.7. The first-order valence-electron chi connectivity index (χ1n) is 11.0. The number of rotatable bonds is 6. The molecule has 3 heterocycles. The van der Waals surface area contributed by atoms with Gasteiger partial charge in [-0.05, 0) is 29.1 Å². The first kappa shape index (κ1) is 22.4. The van der Waals surface area contributed by atoms with Crippen LogP contribution in [0.4, 0.5) is 0 Å². The van der Waals surface area contributed by atoms with Crippen LogP contribution < -0.4 is 16.2 Å². The summed E-state index contributed by atoms with van der Waals surface area (Å²) in [6.07, 6.45) is 3.79. The first-order chi connectivity index (χ1) is 17.0. The van der Waals surface area contributed by atoms with Crippen molar-refractivity contribution < 1.29 is 14.4 Å². The number of hydrogen-bond donors (Lipinski definition) is 4. The lowest BCUT2D eigenvalue weighted by Gasteiger charge is -2.18. The third-order valence-corrected chi connectivity index (χ3v) is 6.78. The second-order valence-electron chi connectivity index (χ2n) is 8.18. The summed E-state index contributed by atoms with van der Waals surface area (Å²) < 4.78 is 1.85. The second kappa shape index (κ2) is 9.47. The van der Waals surface area contributed by atoms with Gasteiger partial charge in [-0.15, -0.1) is 11.3 Å². The van der Waals surface area contributed by atoms with Crippen LogP contribution in [-0.2, 0) is 18.3 Å². The van der Waals surface area contributed by atoms with E-state index < -0.39 is 17.9 Å². The molecule has 0 aliphatic rings. The molecule has 0 saturated heterocycles. The fourth-order valence-corrected chi connectivity index (χ4v) is 4.79. The molecular weight excluding hydrogens is 462 g/mol. The molecule has 0 aliphatic heterocycles. The minimum atomic E-state index is -0.906. The van der Waals surface area contributed by atoms with Crippen LogP contribution in [0.15, 0.2) is 78.4 Å². The van der Waals surface area contributed by atoms with Gasteiger partial charge in [0.2, 0.25) is 0 Å². The Morgan fingerprint density at radius 2 is 1.71 bits per heavy atom. The zero-order chi connectivity index (χ0) is 24.4. The van der Waals surface area contributed by atoms with Gasteiger partial charge < -0.3 is 14.9 Å². The lowest BCUT2D eigenvalue weighted by molar-refractivity contribution is -0.123. The number of carbonyl (C=O) groups excluding carboxylic acids is 3. The quantitative estimate of drug-likeness (QED) is 0.276. The standard InChI is InChI=1S/C26H23N5O3S/c1-31-15-19(18-8-3-5-10-22(18)31)24(32)29-30-25(33)21(28-26(34)23-11-6-12-35-23)13-16-14-27-20-9-4-2-7-17(16)20/h2-12,14-15,21,27H,13H2,1H3,(H,28,34)(H,29,32)(H,30,33)/t21-/m0/s1. The highest BCUT2D eigenvalue weighted by molar-refractivity contribution is 7.12. The van der Waals surface area contributed by atoms with Crippen molar-refractivity contribution in [3.63, 3.8) is 0 Å². The van der Waals surface area contributed by atoms with Crippen molar-refractivity contribution >= 4 is 50.9 Å². The Labute approximate surface area is 204 Å². The maximum atomic E-state index is 13.2. The number of hydrogen-bond acceptors (Lipinski definition) is 4. The molecule has 35 heavy (non-hydrogen) atoms. The average Bonchev–Trinajstić information content (AvgIpc) is 3.62. The number of nitrogens with one attached hydrogen (secondary N) is 4. The fourth-order valence-electron chi connectivity index (χ4n) is 4.16.